The van der Waals surface area contributed by atoms with Gasteiger partial charge in [-0.2, -0.15) is 0 Å². The third kappa shape index (κ3) is 6.83. The average Bonchev–Trinajstić information content (AvgIpc) is 2.58. The summed E-state index contributed by atoms with van der Waals surface area (Å²) in [6, 6.07) is 32.3. The Hall–Kier alpha value is -1.04. The first-order valence-corrected chi connectivity index (χ1v) is 9.08. The molecule has 0 saturated heterocycles. The minimum atomic E-state index is -0.889. The number of benzene rings is 3. The first-order chi connectivity index (χ1) is 11.2. The molecule has 125 valence electrons. The van der Waals surface area contributed by atoms with Gasteiger partial charge in [0.15, 0.2) is 0 Å². The molecule has 0 aliphatic rings. The van der Waals surface area contributed by atoms with Crippen molar-refractivity contribution < 1.29 is 24.3 Å². The first kappa shape index (κ1) is 21.0. The van der Waals surface area contributed by atoms with Crippen LogP contribution >= 0.6 is 31.1 Å². The fourth-order valence-corrected chi connectivity index (χ4v) is 4.48. The van der Waals surface area contributed by atoms with Crippen LogP contribution in [0.2, 0.25) is 0 Å². The Labute approximate surface area is 166 Å². The molecule has 24 heavy (non-hydrogen) atoms. The number of carbonyl (C=O) groups is 1. The Kier molecular flexibility index (Phi) is 10.1. The number of carbonyl (C=O) groups excluding carboxylic acids is 1. The smallest absolute Gasteiger partial charge is 0.262 e. The predicted octanol–water partition coefficient (Wildman–Crippen LogP) is 5.03. The van der Waals surface area contributed by atoms with Gasteiger partial charge in [-0.15, -0.1) is 0 Å². The molecule has 0 aromatic heterocycles. The van der Waals surface area contributed by atoms with Crippen molar-refractivity contribution in [1.29, 1.82) is 0 Å². The zero-order chi connectivity index (χ0) is 16.5. The van der Waals surface area contributed by atoms with Crippen molar-refractivity contribution in [2.45, 2.75) is 0 Å². The Bertz CT molecular complexity index is 626. The Morgan fingerprint density at radius 2 is 0.792 bits per heavy atom. The quantitative estimate of drug-likeness (QED) is 0.302. The third-order valence-electron chi connectivity index (χ3n) is 3.04. The molecule has 0 atom stereocenters. The second kappa shape index (κ2) is 11.5. The molecule has 0 N–H and O–H groups in total. The van der Waals surface area contributed by atoms with Crippen LogP contribution in [0, 0.1) is 0 Å². The minimum Gasteiger partial charge on any atom is -0.262 e. The van der Waals surface area contributed by atoms with E-state index in [9.17, 15) is 0 Å². The predicted molar refractivity (Wildman–Crippen MR) is 102 cm³/mol. The summed E-state index contributed by atoms with van der Waals surface area (Å²) in [4.78, 5) is 8.98. The van der Waals surface area contributed by atoms with Gasteiger partial charge in [-0.1, -0.05) is 91.0 Å². The van der Waals surface area contributed by atoms with Gasteiger partial charge in [0.1, 0.15) is 0 Å². The summed E-state index contributed by atoms with van der Waals surface area (Å²) in [5.41, 5.74) is 0. The van der Waals surface area contributed by atoms with E-state index in [1.807, 2.05) is 0 Å². The van der Waals surface area contributed by atoms with Crippen molar-refractivity contribution in [2.75, 3.05) is 0 Å². The maximum Gasteiger partial charge on any atom is 0.313 e. The van der Waals surface area contributed by atoms with Gasteiger partial charge in [-0.05, 0) is 47.0 Å². The van der Waals surface area contributed by atoms with Crippen LogP contribution in [0.15, 0.2) is 91.0 Å². The molecule has 3 rings (SSSR count). The van der Waals surface area contributed by atoms with E-state index in [2.05, 4.69) is 114 Å². The maximum absolute atomic E-state index is 8.98. The van der Waals surface area contributed by atoms with Crippen LogP contribution in [0.5, 0.6) is 0 Å². The normalized spacial score (nSPS) is 9.46. The number of rotatable bonds is 3. The maximum atomic E-state index is 8.98. The summed E-state index contributed by atoms with van der Waals surface area (Å²) >= 11 is 8.80. The number of hydrogen-bond acceptors (Lipinski definition) is 1. The molecule has 1 nitrogen and oxygen atoms in total. The van der Waals surface area contributed by atoms with Crippen LogP contribution in [0.1, 0.15) is 0 Å². The number of hydrogen-bond donors (Lipinski definition) is 0. The Morgan fingerprint density at radius 3 is 1.00 bits per heavy atom. The van der Waals surface area contributed by atoms with Gasteiger partial charge < -0.3 is 0 Å². The molecule has 3 aromatic carbocycles. The summed E-state index contributed by atoms with van der Waals surface area (Å²) < 4.78 is -0.889. The minimum absolute atomic E-state index is 0. The fourth-order valence-electron chi connectivity index (χ4n) is 2.18. The second-order valence-electron chi connectivity index (χ2n) is 4.57. The van der Waals surface area contributed by atoms with E-state index in [0.717, 1.165) is 0 Å². The van der Waals surface area contributed by atoms with E-state index in [1.165, 1.54) is 15.9 Å². The Morgan fingerprint density at radius 1 is 0.583 bits per heavy atom. The van der Waals surface area contributed by atoms with E-state index in [-0.39, 0.29) is 19.5 Å². The zero-order valence-electron chi connectivity index (χ0n) is 12.6. The molecule has 0 unspecified atom stereocenters. The molecule has 0 amide bonds. The molecule has 0 heterocycles. The molecular weight excluding hydrogens is 449 g/mol. The summed E-state index contributed by atoms with van der Waals surface area (Å²) in [6.07, 6.45) is 0. The van der Waals surface area contributed by atoms with Crippen LogP contribution in [0.3, 0.4) is 0 Å². The summed E-state index contributed by atoms with van der Waals surface area (Å²) in [5, 5.41) is 4.19. The van der Waals surface area contributed by atoms with Crippen LogP contribution in [0.4, 0.5) is 4.79 Å². The van der Waals surface area contributed by atoms with Crippen LogP contribution in [-0.4, -0.2) is 4.70 Å². The van der Waals surface area contributed by atoms with E-state index in [0.29, 0.717) is 0 Å². The molecule has 0 aliphatic heterocycles. The van der Waals surface area contributed by atoms with Gasteiger partial charge in [-0.25, -0.2) is 0 Å². The van der Waals surface area contributed by atoms with E-state index in [1.54, 1.807) is 0 Å². The third-order valence-corrected chi connectivity index (χ3v) is 5.49. The van der Waals surface area contributed by atoms with Crippen molar-refractivity contribution in [3.05, 3.63) is 91.0 Å². The van der Waals surface area contributed by atoms with Crippen LogP contribution in [0.25, 0.3) is 0 Å². The molecule has 0 saturated carbocycles. The van der Waals surface area contributed by atoms with E-state index >= 15 is 0 Å². The standard InChI is InChI=1S/C18H15P.CCl2O.Rh/c1-4-10-16(11-5-1)19(17-12-6-2-7-13-17)18-14-8-3-9-15-18;2-1(3)4;/h1-15H;;. The monoisotopic (exact) mass is 463 g/mol. The van der Waals surface area contributed by atoms with Crippen molar-refractivity contribution in [3.63, 3.8) is 0 Å². The van der Waals surface area contributed by atoms with Crippen molar-refractivity contribution in [3.8, 4) is 0 Å². The summed E-state index contributed by atoms with van der Waals surface area (Å²) in [6.45, 7) is 0. The van der Waals surface area contributed by atoms with Crippen LogP contribution in [-0.2, 0) is 19.5 Å². The van der Waals surface area contributed by atoms with Crippen molar-refractivity contribution >= 4 is 51.7 Å². The second-order valence-corrected chi connectivity index (χ2v) is 7.67. The SMILES string of the molecule is O=C(Cl)Cl.[Rh].c1ccc(P(c2ccccc2)c2ccccc2)cc1. The molecule has 0 spiro atoms. The largest absolute Gasteiger partial charge is 0.313 e. The van der Waals surface area contributed by atoms with Gasteiger partial charge in [0, 0.05) is 19.5 Å². The van der Waals surface area contributed by atoms with E-state index in [4.69, 9.17) is 4.79 Å². The fraction of sp³-hybridized carbons (Fsp3) is 0. The molecular formula is C19H15Cl2OPRh. The van der Waals surface area contributed by atoms with Gasteiger partial charge in [0.25, 0.3) is 0 Å². The number of halogens is 2. The van der Waals surface area contributed by atoms with Crippen molar-refractivity contribution in [2.24, 2.45) is 0 Å². The molecule has 5 heteroatoms. The molecule has 0 bridgehead atoms. The topological polar surface area (TPSA) is 17.1 Å². The van der Waals surface area contributed by atoms with Gasteiger partial charge in [-0.3, -0.25) is 4.79 Å². The molecule has 0 fully saturated rings. The summed E-state index contributed by atoms with van der Waals surface area (Å²) in [5.74, 6) is 0. The molecule has 3 aromatic rings. The zero-order valence-corrected chi connectivity index (χ0v) is 16.6. The van der Waals surface area contributed by atoms with Gasteiger partial charge >= 0.3 is 4.70 Å². The summed E-state index contributed by atoms with van der Waals surface area (Å²) in [7, 11) is -0.446. The average molecular weight is 464 g/mol. The van der Waals surface area contributed by atoms with E-state index < -0.39 is 12.6 Å². The molecule has 0 aliphatic carbocycles. The molecule has 1 radical (unpaired) electrons. The van der Waals surface area contributed by atoms with Crippen molar-refractivity contribution in [1.82, 2.24) is 0 Å². The van der Waals surface area contributed by atoms with Gasteiger partial charge in [0.2, 0.25) is 0 Å². The Balaban J connectivity index is 0.000000522. The first-order valence-electron chi connectivity index (χ1n) is 6.98. The van der Waals surface area contributed by atoms with Crippen LogP contribution < -0.4 is 15.9 Å². The van der Waals surface area contributed by atoms with Gasteiger partial charge in [0.05, 0.1) is 0 Å².